The first-order chi connectivity index (χ1) is 10.6. The van der Waals surface area contributed by atoms with E-state index in [1.54, 1.807) is 13.0 Å². The highest BCUT2D eigenvalue weighted by molar-refractivity contribution is 5.77. The maximum atomic E-state index is 11.9. The fourth-order valence-corrected chi connectivity index (χ4v) is 2.52. The lowest BCUT2D eigenvalue weighted by Gasteiger charge is -2.36. The number of nitrogens with one attached hydrogen (secondary N) is 1. The molecule has 0 bridgehead atoms. The van der Waals surface area contributed by atoms with E-state index < -0.39 is 0 Å². The fourth-order valence-electron chi connectivity index (χ4n) is 2.52. The molecule has 1 unspecified atom stereocenters. The van der Waals surface area contributed by atoms with Crippen molar-refractivity contribution in [2.24, 2.45) is 5.92 Å². The van der Waals surface area contributed by atoms with Gasteiger partial charge in [-0.15, -0.1) is 0 Å². The van der Waals surface area contributed by atoms with Gasteiger partial charge < -0.3 is 19.3 Å². The Labute approximate surface area is 130 Å². The lowest BCUT2D eigenvalue weighted by molar-refractivity contribution is -0.123. The number of hydrogen-bond acceptors (Lipinski definition) is 6. The third kappa shape index (κ3) is 4.99. The van der Waals surface area contributed by atoms with E-state index >= 15 is 0 Å². The molecule has 2 rings (SSSR count). The first-order valence-electron chi connectivity index (χ1n) is 7.71. The molecule has 1 saturated heterocycles. The molecular formula is C15H25N3O4. The summed E-state index contributed by atoms with van der Waals surface area (Å²) in [6.45, 7) is 9.99. The van der Waals surface area contributed by atoms with Gasteiger partial charge in [-0.05, 0) is 18.0 Å². The minimum Gasteiger partial charge on any atom is -0.465 e. The Morgan fingerprint density at radius 2 is 2.18 bits per heavy atom. The zero-order valence-electron chi connectivity index (χ0n) is 13.5. The monoisotopic (exact) mass is 311 g/mol. The average molecular weight is 311 g/mol. The van der Waals surface area contributed by atoms with Crippen molar-refractivity contribution in [3.8, 4) is 5.88 Å². The highest BCUT2D eigenvalue weighted by Gasteiger charge is 2.24. The molecule has 1 aromatic rings. The van der Waals surface area contributed by atoms with Crippen LogP contribution in [0.4, 0.5) is 0 Å². The third-order valence-electron chi connectivity index (χ3n) is 3.75. The molecule has 0 radical (unpaired) electrons. The van der Waals surface area contributed by atoms with Crippen molar-refractivity contribution in [3.05, 3.63) is 11.8 Å². The van der Waals surface area contributed by atoms with Crippen LogP contribution in [0.3, 0.4) is 0 Å². The molecule has 2 heterocycles. The van der Waals surface area contributed by atoms with E-state index in [1.165, 1.54) is 0 Å². The highest BCUT2D eigenvalue weighted by Crippen LogP contribution is 2.12. The molecule has 0 aromatic carbocycles. The number of ether oxygens (including phenoxy) is 2. The second-order valence-corrected chi connectivity index (χ2v) is 5.83. The van der Waals surface area contributed by atoms with E-state index in [0.717, 1.165) is 26.3 Å². The van der Waals surface area contributed by atoms with Gasteiger partial charge in [0, 0.05) is 31.7 Å². The Bertz CT molecular complexity index is 469. The molecule has 7 heteroatoms. The first-order valence-corrected chi connectivity index (χ1v) is 7.71. The van der Waals surface area contributed by atoms with Crippen LogP contribution in [0.15, 0.2) is 10.6 Å². The topological polar surface area (TPSA) is 76.8 Å². The summed E-state index contributed by atoms with van der Waals surface area (Å²) in [4.78, 5) is 14.3. The molecule has 0 aliphatic carbocycles. The van der Waals surface area contributed by atoms with E-state index in [2.05, 4.69) is 29.2 Å². The maximum Gasteiger partial charge on any atom is 0.258 e. The lowest BCUT2D eigenvalue weighted by atomic mass is 10.0. The van der Waals surface area contributed by atoms with Crippen molar-refractivity contribution in [3.63, 3.8) is 0 Å². The van der Waals surface area contributed by atoms with E-state index in [1.807, 2.05) is 0 Å². The van der Waals surface area contributed by atoms with E-state index in [9.17, 15) is 4.79 Å². The van der Waals surface area contributed by atoms with Gasteiger partial charge >= 0.3 is 0 Å². The molecule has 124 valence electrons. The van der Waals surface area contributed by atoms with Gasteiger partial charge in [0.25, 0.3) is 11.8 Å². The molecule has 1 aliphatic heterocycles. The standard InChI is InChI=1S/C15H25N3O4/c1-11(2)13(18-4-6-20-7-5-18)9-16-14(19)10-21-15-8-12(3)22-17-15/h8,11,13H,4-7,9-10H2,1-3H3,(H,16,19). The summed E-state index contributed by atoms with van der Waals surface area (Å²) < 4.78 is 15.5. The van der Waals surface area contributed by atoms with Crippen LogP contribution >= 0.6 is 0 Å². The van der Waals surface area contributed by atoms with Crippen LogP contribution in [-0.4, -0.2) is 61.5 Å². The number of nitrogens with zero attached hydrogens (tertiary/aromatic N) is 2. The van der Waals surface area contributed by atoms with Crippen molar-refractivity contribution in [1.29, 1.82) is 0 Å². The van der Waals surface area contributed by atoms with Crippen LogP contribution in [0.25, 0.3) is 0 Å². The van der Waals surface area contributed by atoms with Crippen LogP contribution in [0.1, 0.15) is 19.6 Å². The van der Waals surface area contributed by atoms with Gasteiger partial charge in [0.05, 0.1) is 13.2 Å². The van der Waals surface area contributed by atoms with Crippen molar-refractivity contribution in [1.82, 2.24) is 15.4 Å². The van der Waals surface area contributed by atoms with Crippen LogP contribution in [0, 0.1) is 12.8 Å². The zero-order chi connectivity index (χ0) is 15.9. The molecule has 1 aliphatic rings. The van der Waals surface area contributed by atoms with E-state index in [4.69, 9.17) is 14.0 Å². The Hall–Kier alpha value is -1.60. The summed E-state index contributed by atoms with van der Waals surface area (Å²) in [5.41, 5.74) is 0. The summed E-state index contributed by atoms with van der Waals surface area (Å²) in [6.07, 6.45) is 0. The zero-order valence-corrected chi connectivity index (χ0v) is 13.5. The van der Waals surface area contributed by atoms with Gasteiger partial charge in [-0.25, -0.2) is 0 Å². The lowest BCUT2D eigenvalue weighted by Crippen LogP contribution is -2.51. The van der Waals surface area contributed by atoms with Crippen molar-refractivity contribution >= 4 is 5.91 Å². The maximum absolute atomic E-state index is 11.9. The van der Waals surface area contributed by atoms with Crippen LogP contribution in [0.2, 0.25) is 0 Å². The minimum atomic E-state index is -0.153. The molecule has 1 fully saturated rings. The van der Waals surface area contributed by atoms with E-state index in [-0.39, 0.29) is 12.5 Å². The SMILES string of the molecule is Cc1cc(OCC(=O)NCC(C(C)C)N2CCOCC2)no1. The predicted octanol–water partition coefficient (Wildman–Crippen LogP) is 0.835. The van der Waals surface area contributed by atoms with E-state index in [0.29, 0.717) is 30.1 Å². The molecule has 1 amide bonds. The van der Waals surface area contributed by atoms with Crippen molar-refractivity contribution in [2.75, 3.05) is 39.5 Å². The number of aryl methyl sites for hydroxylation is 1. The first kappa shape index (κ1) is 16.8. The number of aromatic nitrogens is 1. The number of amides is 1. The Morgan fingerprint density at radius 3 is 2.77 bits per heavy atom. The minimum absolute atomic E-state index is 0.0557. The predicted molar refractivity (Wildman–Crippen MR) is 80.8 cm³/mol. The number of carbonyl (C=O) groups excluding carboxylic acids is 1. The quantitative estimate of drug-likeness (QED) is 0.804. The molecule has 0 spiro atoms. The number of rotatable bonds is 7. The van der Waals surface area contributed by atoms with Crippen molar-refractivity contribution in [2.45, 2.75) is 26.8 Å². The van der Waals surface area contributed by atoms with Gasteiger partial charge in [0.15, 0.2) is 6.61 Å². The summed E-state index contributed by atoms with van der Waals surface area (Å²) in [7, 11) is 0. The highest BCUT2D eigenvalue weighted by atomic mass is 16.5. The van der Waals surface area contributed by atoms with Gasteiger partial charge in [0.2, 0.25) is 0 Å². The second-order valence-electron chi connectivity index (χ2n) is 5.83. The van der Waals surface area contributed by atoms with Gasteiger partial charge in [-0.1, -0.05) is 13.8 Å². The largest absolute Gasteiger partial charge is 0.465 e. The molecule has 22 heavy (non-hydrogen) atoms. The molecule has 1 aromatic heterocycles. The Balaban J connectivity index is 1.74. The Kier molecular flexibility index (Phi) is 6.21. The summed E-state index contributed by atoms with van der Waals surface area (Å²) in [5, 5.41) is 6.62. The summed E-state index contributed by atoms with van der Waals surface area (Å²) in [5.74, 6) is 1.29. The van der Waals surface area contributed by atoms with Crippen molar-refractivity contribution < 1.29 is 18.8 Å². The summed E-state index contributed by atoms with van der Waals surface area (Å²) >= 11 is 0. The normalized spacial score (nSPS) is 17.5. The van der Waals surface area contributed by atoms with Crippen LogP contribution in [-0.2, 0) is 9.53 Å². The molecule has 0 saturated carbocycles. The van der Waals surface area contributed by atoms with Crippen LogP contribution < -0.4 is 10.1 Å². The average Bonchev–Trinajstić information content (AvgIpc) is 2.92. The molecule has 1 atom stereocenters. The fraction of sp³-hybridized carbons (Fsp3) is 0.733. The van der Waals surface area contributed by atoms with Gasteiger partial charge in [-0.2, -0.15) is 0 Å². The molecule has 1 N–H and O–H groups in total. The number of hydrogen-bond donors (Lipinski definition) is 1. The number of morpholine rings is 1. The van der Waals surface area contributed by atoms with Gasteiger partial charge in [-0.3, -0.25) is 9.69 Å². The van der Waals surface area contributed by atoms with Crippen LogP contribution in [0.5, 0.6) is 5.88 Å². The molecular weight excluding hydrogens is 286 g/mol. The van der Waals surface area contributed by atoms with Gasteiger partial charge in [0.1, 0.15) is 5.76 Å². The smallest absolute Gasteiger partial charge is 0.258 e. The summed E-state index contributed by atoms with van der Waals surface area (Å²) in [6, 6.07) is 1.96. The second kappa shape index (κ2) is 8.14. The Morgan fingerprint density at radius 1 is 1.45 bits per heavy atom. The number of carbonyl (C=O) groups is 1. The molecule has 7 nitrogen and oxygen atoms in total. The third-order valence-corrected chi connectivity index (χ3v) is 3.75.